The second kappa shape index (κ2) is 8.56. The Bertz CT molecular complexity index is 723. The van der Waals surface area contributed by atoms with E-state index in [1.54, 1.807) is 14.2 Å². The fourth-order valence-electron chi connectivity index (χ4n) is 3.42. The molecule has 26 heavy (non-hydrogen) atoms. The Morgan fingerprint density at radius 3 is 2.65 bits per heavy atom. The summed E-state index contributed by atoms with van der Waals surface area (Å²) in [7, 11) is 5.35. The fraction of sp³-hybridized carbons (Fsp3) is 0.550. The first-order valence-electron chi connectivity index (χ1n) is 9.13. The predicted molar refractivity (Wildman–Crippen MR) is 101 cm³/mol. The van der Waals surface area contributed by atoms with E-state index in [-0.39, 0.29) is 0 Å². The minimum atomic E-state index is 0.302. The summed E-state index contributed by atoms with van der Waals surface area (Å²) < 4.78 is 18.7. The van der Waals surface area contributed by atoms with Crippen molar-refractivity contribution in [3.05, 3.63) is 41.2 Å². The van der Waals surface area contributed by atoms with Gasteiger partial charge in [0.15, 0.2) is 0 Å². The van der Waals surface area contributed by atoms with Gasteiger partial charge in [-0.2, -0.15) is 5.10 Å². The van der Waals surface area contributed by atoms with Crippen LogP contribution in [0.25, 0.3) is 0 Å². The fourth-order valence-corrected chi connectivity index (χ4v) is 3.42. The molecule has 1 saturated heterocycles. The van der Waals surface area contributed by atoms with Crippen LogP contribution < -0.4 is 9.47 Å². The zero-order chi connectivity index (χ0) is 18.5. The van der Waals surface area contributed by atoms with Gasteiger partial charge in [-0.3, -0.25) is 9.58 Å². The third-order valence-corrected chi connectivity index (χ3v) is 5.10. The highest BCUT2D eigenvalue weighted by molar-refractivity contribution is 5.40. The zero-order valence-corrected chi connectivity index (χ0v) is 16.2. The number of methoxy groups -OCH3 is 2. The molecule has 1 atom stereocenters. The van der Waals surface area contributed by atoms with E-state index in [0.29, 0.717) is 6.10 Å². The molecule has 2 aromatic rings. The van der Waals surface area contributed by atoms with Crippen molar-refractivity contribution in [2.75, 3.05) is 27.4 Å². The Kier molecular flexibility index (Phi) is 6.16. The molecule has 0 spiro atoms. The van der Waals surface area contributed by atoms with E-state index in [9.17, 15) is 0 Å². The number of benzene rings is 1. The SMILES string of the molecule is COc1ccc(CN(Cc2cnn(C)c2C)C[C@H]2CCCO2)c(OC)c1. The highest BCUT2D eigenvalue weighted by Gasteiger charge is 2.21. The maximum atomic E-state index is 5.87. The molecule has 0 bridgehead atoms. The molecule has 2 heterocycles. The lowest BCUT2D eigenvalue weighted by molar-refractivity contribution is 0.0675. The monoisotopic (exact) mass is 359 g/mol. The standard InChI is InChI=1S/C20H29N3O3/c1-15-17(11-21-22(15)2)13-23(14-19-6-5-9-26-19)12-16-7-8-18(24-3)10-20(16)25-4/h7-8,10-11,19H,5-6,9,12-14H2,1-4H3/t19-/m1/s1. The first-order valence-corrected chi connectivity index (χ1v) is 9.13. The Morgan fingerprint density at radius 2 is 2.04 bits per heavy atom. The molecule has 6 heteroatoms. The molecule has 1 aliphatic rings. The van der Waals surface area contributed by atoms with Crippen molar-refractivity contribution in [1.29, 1.82) is 0 Å². The Hall–Kier alpha value is -2.05. The van der Waals surface area contributed by atoms with E-state index in [1.807, 2.05) is 30.1 Å². The summed E-state index contributed by atoms with van der Waals surface area (Å²) in [5, 5.41) is 4.38. The molecule has 1 aromatic carbocycles. The van der Waals surface area contributed by atoms with Gasteiger partial charge >= 0.3 is 0 Å². The van der Waals surface area contributed by atoms with Gasteiger partial charge in [0.05, 0.1) is 26.5 Å². The summed E-state index contributed by atoms with van der Waals surface area (Å²) >= 11 is 0. The van der Waals surface area contributed by atoms with Crippen molar-refractivity contribution in [3.63, 3.8) is 0 Å². The topological polar surface area (TPSA) is 48.8 Å². The van der Waals surface area contributed by atoms with Gasteiger partial charge in [-0.1, -0.05) is 6.07 Å². The molecule has 0 N–H and O–H groups in total. The molecule has 142 valence electrons. The van der Waals surface area contributed by atoms with Crippen molar-refractivity contribution >= 4 is 0 Å². The molecule has 0 amide bonds. The molecule has 1 aromatic heterocycles. The predicted octanol–water partition coefficient (Wildman–Crippen LogP) is 2.93. The minimum Gasteiger partial charge on any atom is -0.497 e. The summed E-state index contributed by atoms with van der Waals surface area (Å²) in [5.74, 6) is 1.66. The summed E-state index contributed by atoms with van der Waals surface area (Å²) in [6.07, 6.45) is 4.54. The van der Waals surface area contributed by atoms with Crippen LogP contribution >= 0.6 is 0 Å². The van der Waals surface area contributed by atoms with Gasteiger partial charge < -0.3 is 14.2 Å². The number of hydrogen-bond acceptors (Lipinski definition) is 5. The lowest BCUT2D eigenvalue weighted by Gasteiger charge is -2.26. The van der Waals surface area contributed by atoms with Crippen LogP contribution in [0.15, 0.2) is 24.4 Å². The quantitative estimate of drug-likeness (QED) is 0.725. The molecule has 1 aliphatic heterocycles. The average molecular weight is 359 g/mol. The van der Waals surface area contributed by atoms with Crippen LogP contribution in [-0.4, -0.2) is 48.2 Å². The van der Waals surface area contributed by atoms with Gasteiger partial charge in [-0.25, -0.2) is 0 Å². The van der Waals surface area contributed by atoms with Crippen molar-refractivity contribution < 1.29 is 14.2 Å². The first-order chi connectivity index (χ1) is 12.6. The summed E-state index contributed by atoms with van der Waals surface area (Å²) in [5.41, 5.74) is 3.59. The normalized spacial score (nSPS) is 17.0. The van der Waals surface area contributed by atoms with Crippen LogP contribution in [0.5, 0.6) is 11.5 Å². The Balaban J connectivity index is 1.79. The summed E-state index contributed by atoms with van der Waals surface area (Å²) in [4.78, 5) is 2.42. The summed E-state index contributed by atoms with van der Waals surface area (Å²) in [6.45, 7) is 5.52. The molecule has 0 aliphatic carbocycles. The average Bonchev–Trinajstić information content (AvgIpc) is 3.27. The molecular formula is C20H29N3O3. The number of aromatic nitrogens is 2. The van der Waals surface area contributed by atoms with E-state index < -0.39 is 0 Å². The van der Waals surface area contributed by atoms with Crippen LogP contribution in [0, 0.1) is 6.92 Å². The molecular weight excluding hydrogens is 330 g/mol. The van der Waals surface area contributed by atoms with Crippen molar-refractivity contribution in [1.82, 2.24) is 14.7 Å². The zero-order valence-electron chi connectivity index (χ0n) is 16.2. The van der Waals surface area contributed by atoms with Crippen LogP contribution in [0.1, 0.15) is 29.7 Å². The molecule has 6 nitrogen and oxygen atoms in total. The third-order valence-electron chi connectivity index (χ3n) is 5.10. The Labute approximate surface area is 155 Å². The van der Waals surface area contributed by atoms with Crippen molar-refractivity contribution in [2.45, 2.75) is 39.0 Å². The van der Waals surface area contributed by atoms with Gasteiger partial charge in [0.25, 0.3) is 0 Å². The van der Waals surface area contributed by atoms with Crippen LogP contribution in [0.3, 0.4) is 0 Å². The van der Waals surface area contributed by atoms with Crippen LogP contribution in [0.2, 0.25) is 0 Å². The van der Waals surface area contributed by atoms with E-state index >= 15 is 0 Å². The lowest BCUT2D eigenvalue weighted by atomic mass is 10.1. The van der Waals surface area contributed by atoms with E-state index in [1.165, 1.54) is 11.3 Å². The van der Waals surface area contributed by atoms with Crippen LogP contribution in [0.4, 0.5) is 0 Å². The molecule has 0 saturated carbocycles. The molecule has 0 radical (unpaired) electrons. The number of hydrogen-bond donors (Lipinski definition) is 0. The first kappa shape index (κ1) is 18.7. The van der Waals surface area contributed by atoms with Gasteiger partial charge in [0, 0.05) is 56.2 Å². The third kappa shape index (κ3) is 4.37. The number of rotatable bonds is 8. The number of ether oxygens (including phenoxy) is 3. The molecule has 3 rings (SSSR count). The molecule has 1 fully saturated rings. The van der Waals surface area contributed by atoms with Gasteiger partial charge in [-0.05, 0) is 25.8 Å². The minimum absolute atomic E-state index is 0.302. The van der Waals surface area contributed by atoms with Crippen LogP contribution in [-0.2, 0) is 24.9 Å². The second-order valence-corrected chi connectivity index (χ2v) is 6.86. The van der Waals surface area contributed by atoms with Gasteiger partial charge in [0.1, 0.15) is 11.5 Å². The molecule has 0 unspecified atom stereocenters. The van der Waals surface area contributed by atoms with Crippen molar-refractivity contribution in [3.8, 4) is 11.5 Å². The van der Waals surface area contributed by atoms with Gasteiger partial charge in [0.2, 0.25) is 0 Å². The maximum absolute atomic E-state index is 5.87. The maximum Gasteiger partial charge on any atom is 0.127 e. The van der Waals surface area contributed by atoms with E-state index in [4.69, 9.17) is 14.2 Å². The second-order valence-electron chi connectivity index (χ2n) is 6.86. The van der Waals surface area contributed by atoms with E-state index in [2.05, 4.69) is 23.0 Å². The largest absolute Gasteiger partial charge is 0.497 e. The van der Waals surface area contributed by atoms with E-state index in [0.717, 1.165) is 56.1 Å². The highest BCUT2D eigenvalue weighted by Crippen LogP contribution is 2.27. The van der Waals surface area contributed by atoms with Crippen molar-refractivity contribution in [2.24, 2.45) is 7.05 Å². The Morgan fingerprint density at radius 1 is 1.23 bits per heavy atom. The number of aryl methyl sites for hydroxylation is 1. The lowest BCUT2D eigenvalue weighted by Crippen LogP contribution is -2.31. The van der Waals surface area contributed by atoms with Gasteiger partial charge in [-0.15, -0.1) is 0 Å². The highest BCUT2D eigenvalue weighted by atomic mass is 16.5. The smallest absolute Gasteiger partial charge is 0.127 e. The summed E-state index contributed by atoms with van der Waals surface area (Å²) in [6, 6.07) is 6.00. The number of nitrogens with zero attached hydrogens (tertiary/aromatic N) is 3.